The van der Waals surface area contributed by atoms with E-state index in [0.717, 1.165) is 37.6 Å². The third-order valence-corrected chi connectivity index (χ3v) is 6.58. The number of carbonyl (C=O) groups excluding carboxylic acids is 1. The highest BCUT2D eigenvalue weighted by Gasteiger charge is 2.24. The van der Waals surface area contributed by atoms with Gasteiger partial charge in [-0.3, -0.25) is 9.36 Å². The predicted molar refractivity (Wildman–Crippen MR) is 129 cm³/mol. The first-order valence-electron chi connectivity index (χ1n) is 11.1. The summed E-state index contributed by atoms with van der Waals surface area (Å²) in [7, 11) is 1.64. The molecule has 0 aliphatic carbocycles. The minimum Gasteiger partial charge on any atom is -0.495 e. The second kappa shape index (κ2) is 10.7. The zero-order chi connectivity index (χ0) is 23.2. The highest BCUT2D eigenvalue weighted by molar-refractivity contribution is 7.99. The molecule has 2 heterocycles. The Morgan fingerprint density at radius 2 is 1.82 bits per heavy atom. The minimum absolute atomic E-state index is 0.0804. The highest BCUT2D eigenvalue weighted by atomic mass is 32.2. The first-order chi connectivity index (χ1) is 16.1. The van der Waals surface area contributed by atoms with E-state index in [2.05, 4.69) is 15.1 Å². The van der Waals surface area contributed by atoms with Gasteiger partial charge in [-0.1, -0.05) is 23.9 Å². The lowest BCUT2D eigenvalue weighted by Gasteiger charge is -2.28. The van der Waals surface area contributed by atoms with Crippen LogP contribution in [0.3, 0.4) is 0 Å². The van der Waals surface area contributed by atoms with E-state index < -0.39 is 0 Å². The molecule has 7 nitrogen and oxygen atoms in total. The Bertz CT molecular complexity index is 1080. The first kappa shape index (κ1) is 23.1. The third kappa shape index (κ3) is 5.13. The second-order valence-corrected chi connectivity index (χ2v) is 8.68. The number of para-hydroxylation sites is 2. The molecular weight excluding hydrogens is 441 g/mol. The van der Waals surface area contributed by atoms with Gasteiger partial charge in [0.25, 0.3) is 0 Å². The summed E-state index contributed by atoms with van der Waals surface area (Å²) in [5.41, 5.74) is 1.51. The van der Waals surface area contributed by atoms with E-state index in [9.17, 15) is 9.18 Å². The third-order valence-electron chi connectivity index (χ3n) is 5.66. The summed E-state index contributed by atoms with van der Waals surface area (Å²) in [5.74, 6) is 1.25. The van der Waals surface area contributed by atoms with Crippen LogP contribution >= 0.6 is 11.8 Å². The maximum absolute atomic E-state index is 13.3. The standard InChI is InChI=1S/C24H28FN5O2S/c1-3-29(19-13-11-18(25)12-14-19)22(31)17-33-24-27-26-23(28-15-7-4-8-16-28)30(24)20-9-5-6-10-21(20)32-2/h5-6,9-14H,3-4,7-8,15-17H2,1-2H3. The van der Waals surface area contributed by atoms with Crippen LogP contribution in [0.5, 0.6) is 5.75 Å². The van der Waals surface area contributed by atoms with E-state index in [4.69, 9.17) is 4.74 Å². The maximum Gasteiger partial charge on any atom is 0.237 e. The van der Waals surface area contributed by atoms with Gasteiger partial charge in [-0.2, -0.15) is 0 Å². The molecule has 9 heteroatoms. The van der Waals surface area contributed by atoms with E-state index in [1.54, 1.807) is 24.1 Å². The second-order valence-electron chi connectivity index (χ2n) is 7.74. The summed E-state index contributed by atoms with van der Waals surface area (Å²) >= 11 is 1.34. The highest BCUT2D eigenvalue weighted by Crippen LogP contribution is 2.33. The molecule has 0 unspecified atom stereocenters. The Kier molecular flexibility index (Phi) is 7.49. The number of hydrogen-bond acceptors (Lipinski definition) is 6. The van der Waals surface area contributed by atoms with Crippen molar-refractivity contribution in [2.24, 2.45) is 0 Å². The molecule has 0 atom stereocenters. The number of halogens is 1. The lowest BCUT2D eigenvalue weighted by atomic mass is 10.1. The number of aromatic nitrogens is 3. The minimum atomic E-state index is -0.327. The molecule has 3 aromatic rings. The number of ether oxygens (including phenoxy) is 1. The Morgan fingerprint density at radius 3 is 2.52 bits per heavy atom. The number of anilines is 2. The molecule has 33 heavy (non-hydrogen) atoms. The number of hydrogen-bond donors (Lipinski definition) is 0. The molecular formula is C24H28FN5O2S. The van der Waals surface area contributed by atoms with Crippen molar-refractivity contribution < 1.29 is 13.9 Å². The van der Waals surface area contributed by atoms with Gasteiger partial charge in [0, 0.05) is 25.3 Å². The van der Waals surface area contributed by atoms with Crippen molar-refractivity contribution in [2.75, 3.05) is 42.3 Å². The van der Waals surface area contributed by atoms with Gasteiger partial charge < -0.3 is 14.5 Å². The fraction of sp³-hybridized carbons (Fsp3) is 0.375. The van der Waals surface area contributed by atoms with Crippen LogP contribution in [-0.2, 0) is 4.79 Å². The SMILES string of the molecule is CCN(C(=O)CSc1nnc(N2CCCCC2)n1-c1ccccc1OC)c1ccc(F)cc1. The summed E-state index contributed by atoms with van der Waals surface area (Å²) in [6, 6.07) is 13.7. The molecule has 0 radical (unpaired) electrons. The normalized spacial score (nSPS) is 13.7. The van der Waals surface area contributed by atoms with Crippen LogP contribution in [0.4, 0.5) is 16.0 Å². The largest absolute Gasteiger partial charge is 0.495 e. The number of amides is 1. The van der Waals surface area contributed by atoms with Gasteiger partial charge in [0.05, 0.1) is 18.6 Å². The van der Waals surface area contributed by atoms with Crippen molar-refractivity contribution >= 4 is 29.3 Å². The lowest BCUT2D eigenvalue weighted by Crippen LogP contribution is -2.32. The molecule has 0 bridgehead atoms. The number of piperidine rings is 1. The van der Waals surface area contributed by atoms with Gasteiger partial charge in [-0.25, -0.2) is 4.39 Å². The van der Waals surface area contributed by atoms with Crippen molar-refractivity contribution in [1.82, 2.24) is 14.8 Å². The van der Waals surface area contributed by atoms with E-state index in [1.165, 1.54) is 30.3 Å². The quantitative estimate of drug-likeness (QED) is 0.451. The monoisotopic (exact) mass is 469 g/mol. The number of thioether (sulfide) groups is 1. The summed E-state index contributed by atoms with van der Waals surface area (Å²) in [6.07, 6.45) is 3.44. The van der Waals surface area contributed by atoms with E-state index in [1.807, 2.05) is 35.8 Å². The van der Waals surface area contributed by atoms with E-state index in [0.29, 0.717) is 23.1 Å². The Balaban J connectivity index is 1.61. The van der Waals surface area contributed by atoms with Crippen LogP contribution in [0.25, 0.3) is 5.69 Å². The lowest BCUT2D eigenvalue weighted by molar-refractivity contribution is -0.116. The van der Waals surface area contributed by atoms with Crippen molar-refractivity contribution in [3.05, 3.63) is 54.3 Å². The molecule has 1 fully saturated rings. The van der Waals surface area contributed by atoms with Crippen LogP contribution in [0.15, 0.2) is 53.7 Å². The molecule has 1 saturated heterocycles. The van der Waals surface area contributed by atoms with Crippen LogP contribution in [0.1, 0.15) is 26.2 Å². The number of nitrogens with zero attached hydrogens (tertiary/aromatic N) is 5. The smallest absolute Gasteiger partial charge is 0.237 e. The number of rotatable bonds is 8. The van der Waals surface area contributed by atoms with Gasteiger partial charge in [0.2, 0.25) is 11.9 Å². The van der Waals surface area contributed by atoms with Crippen molar-refractivity contribution in [3.8, 4) is 11.4 Å². The molecule has 0 N–H and O–H groups in total. The van der Waals surface area contributed by atoms with E-state index in [-0.39, 0.29) is 17.5 Å². The van der Waals surface area contributed by atoms with Crippen molar-refractivity contribution in [1.29, 1.82) is 0 Å². The Labute approximate surface area is 197 Å². The van der Waals surface area contributed by atoms with Gasteiger partial charge in [-0.05, 0) is 62.6 Å². The van der Waals surface area contributed by atoms with Gasteiger partial charge in [0.15, 0.2) is 5.16 Å². The molecule has 1 aliphatic rings. The van der Waals surface area contributed by atoms with Crippen LogP contribution in [0, 0.1) is 5.82 Å². The number of methoxy groups -OCH3 is 1. The molecule has 4 rings (SSSR count). The number of benzene rings is 2. The van der Waals surface area contributed by atoms with Crippen molar-refractivity contribution in [3.63, 3.8) is 0 Å². The molecule has 1 aliphatic heterocycles. The van der Waals surface area contributed by atoms with Crippen LogP contribution in [-0.4, -0.2) is 53.2 Å². The molecule has 0 saturated carbocycles. The zero-order valence-electron chi connectivity index (χ0n) is 18.9. The maximum atomic E-state index is 13.3. The Morgan fingerprint density at radius 1 is 1.09 bits per heavy atom. The van der Waals surface area contributed by atoms with E-state index >= 15 is 0 Å². The topological polar surface area (TPSA) is 63.5 Å². The Hall–Kier alpha value is -3.07. The van der Waals surface area contributed by atoms with Gasteiger partial charge in [0.1, 0.15) is 11.6 Å². The summed E-state index contributed by atoms with van der Waals surface area (Å²) in [6.45, 7) is 4.23. The molecule has 1 aromatic heterocycles. The summed E-state index contributed by atoms with van der Waals surface area (Å²) < 4.78 is 20.9. The molecule has 2 aromatic carbocycles. The van der Waals surface area contributed by atoms with Gasteiger partial charge in [-0.15, -0.1) is 10.2 Å². The summed E-state index contributed by atoms with van der Waals surface area (Å²) in [4.78, 5) is 16.9. The average molecular weight is 470 g/mol. The molecule has 174 valence electrons. The van der Waals surface area contributed by atoms with Crippen LogP contribution < -0.4 is 14.5 Å². The van der Waals surface area contributed by atoms with Gasteiger partial charge >= 0.3 is 0 Å². The zero-order valence-corrected chi connectivity index (χ0v) is 19.7. The fourth-order valence-electron chi connectivity index (χ4n) is 4.01. The fourth-order valence-corrected chi connectivity index (χ4v) is 4.82. The predicted octanol–water partition coefficient (Wildman–Crippen LogP) is 4.55. The van der Waals surface area contributed by atoms with Crippen molar-refractivity contribution in [2.45, 2.75) is 31.3 Å². The molecule has 1 amide bonds. The average Bonchev–Trinajstić information content (AvgIpc) is 3.28. The first-order valence-corrected chi connectivity index (χ1v) is 12.1. The molecule has 0 spiro atoms. The summed E-state index contributed by atoms with van der Waals surface area (Å²) in [5, 5.41) is 9.57. The number of carbonyl (C=O) groups is 1. The van der Waals surface area contributed by atoms with Crippen LogP contribution in [0.2, 0.25) is 0 Å².